The maximum atomic E-state index is 12.8. The van der Waals surface area contributed by atoms with Crippen LogP contribution in [0.25, 0.3) is 0 Å². The molecule has 1 aliphatic heterocycles. The molecule has 2 fully saturated rings. The van der Waals surface area contributed by atoms with E-state index in [0.717, 1.165) is 50.8 Å². The molecule has 9 nitrogen and oxygen atoms in total. The summed E-state index contributed by atoms with van der Waals surface area (Å²) >= 11 is 0. The number of hydrogen-bond donors (Lipinski definition) is 1. The van der Waals surface area contributed by atoms with Gasteiger partial charge in [0.05, 0.1) is 11.9 Å². The molecule has 0 aromatic carbocycles. The van der Waals surface area contributed by atoms with Gasteiger partial charge in [0.1, 0.15) is 6.54 Å². The van der Waals surface area contributed by atoms with Crippen LogP contribution < -0.4 is 5.32 Å². The van der Waals surface area contributed by atoms with Gasteiger partial charge in [0.2, 0.25) is 5.91 Å². The molecule has 28 heavy (non-hydrogen) atoms. The molecule has 2 aliphatic rings. The number of piperidine rings is 1. The molecule has 9 heteroatoms. The largest absolute Gasteiger partial charge is 0.348 e. The predicted octanol–water partition coefficient (Wildman–Crippen LogP) is 1.15. The smallest absolute Gasteiger partial charge is 0.273 e. The first kappa shape index (κ1) is 18.6. The second-order valence-corrected chi connectivity index (χ2v) is 7.79. The van der Waals surface area contributed by atoms with Gasteiger partial charge in [0, 0.05) is 31.4 Å². The zero-order chi connectivity index (χ0) is 19.5. The van der Waals surface area contributed by atoms with Crippen LogP contribution in [-0.4, -0.2) is 60.1 Å². The number of aromatic nitrogens is 5. The van der Waals surface area contributed by atoms with Crippen molar-refractivity contribution in [1.29, 1.82) is 0 Å². The Morgan fingerprint density at radius 3 is 2.82 bits per heavy atom. The van der Waals surface area contributed by atoms with Gasteiger partial charge in [-0.15, -0.1) is 5.10 Å². The Morgan fingerprint density at radius 1 is 1.21 bits per heavy atom. The Balaban J connectivity index is 1.32. The number of rotatable bonds is 7. The molecule has 0 spiro atoms. The first-order valence-corrected chi connectivity index (χ1v) is 10.1. The van der Waals surface area contributed by atoms with Crippen LogP contribution in [0.3, 0.4) is 0 Å². The molecule has 1 saturated carbocycles. The Hall–Kier alpha value is -2.71. The molecule has 150 valence electrons. The van der Waals surface area contributed by atoms with E-state index in [0.29, 0.717) is 18.3 Å². The van der Waals surface area contributed by atoms with Gasteiger partial charge in [-0.2, -0.15) is 5.10 Å². The molecule has 0 bridgehead atoms. The van der Waals surface area contributed by atoms with E-state index in [1.54, 1.807) is 15.6 Å². The fourth-order valence-electron chi connectivity index (χ4n) is 3.69. The van der Waals surface area contributed by atoms with Gasteiger partial charge >= 0.3 is 0 Å². The monoisotopic (exact) mass is 385 g/mol. The molecule has 2 amide bonds. The van der Waals surface area contributed by atoms with E-state index in [1.165, 1.54) is 0 Å². The second kappa shape index (κ2) is 8.12. The summed E-state index contributed by atoms with van der Waals surface area (Å²) in [4.78, 5) is 26.8. The van der Waals surface area contributed by atoms with E-state index in [-0.39, 0.29) is 24.4 Å². The van der Waals surface area contributed by atoms with Crippen LogP contribution in [0.1, 0.15) is 54.7 Å². The summed E-state index contributed by atoms with van der Waals surface area (Å²) in [6.07, 6.45) is 9.59. The molecule has 1 unspecified atom stereocenters. The van der Waals surface area contributed by atoms with Crippen LogP contribution in [0.4, 0.5) is 0 Å². The fraction of sp³-hybridized carbons (Fsp3) is 0.632. The maximum Gasteiger partial charge on any atom is 0.273 e. The Kier molecular flexibility index (Phi) is 5.40. The van der Waals surface area contributed by atoms with Crippen LogP contribution in [-0.2, 0) is 17.9 Å². The third-order valence-electron chi connectivity index (χ3n) is 5.39. The van der Waals surface area contributed by atoms with Gasteiger partial charge in [-0.25, -0.2) is 0 Å². The van der Waals surface area contributed by atoms with Gasteiger partial charge in [0.15, 0.2) is 5.69 Å². The van der Waals surface area contributed by atoms with Gasteiger partial charge in [-0.3, -0.25) is 19.0 Å². The van der Waals surface area contributed by atoms with Gasteiger partial charge in [-0.1, -0.05) is 5.21 Å². The van der Waals surface area contributed by atoms with E-state index < -0.39 is 0 Å². The zero-order valence-electron chi connectivity index (χ0n) is 16.3. The summed E-state index contributed by atoms with van der Waals surface area (Å²) < 4.78 is 3.40. The average molecular weight is 385 g/mol. The van der Waals surface area contributed by atoms with E-state index in [4.69, 9.17) is 0 Å². The highest BCUT2D eigenvalue weighted by molar-refractivity contribution is 5.92. The van der Waals surface area contributed by atoms with Crippen molar-refractivity contribution in [2.75, 3.05) is 6.54 Å². The number of hydrogen-bond acceptors (Lipinski definition) is 5. The van der Waals surface area contributed by atoms with Crippen molar-refractivity contribution >= 4 is 11.8 Å². The normalized spacial score (nSPS) is 19.6. The molecule has 1 saturated heterocycles. The maximum absolute atomic E-state index is 12.8. The lowest BCUT2D eigenvalue weighted by atomic mass is 9.99. The third-order valence-corrected chi connectivity index (χ3v) is 5.39. The third kappa shape index (κ3) is 4.58. The standard InChI is InChI=1S/C19H27N7O2/c1-14-7-10-24(22-14)13-18(27)26-9-3-2-4-16(26)8-11-25-12-17(21-23-25)19(28)20-15-5-6-15/h7,10,12,15-16H,2-6,8-9,11,13H2,1H3,(H,20,28). The molecule has 1 aliphatic carbocycles. The first-order chi connectivity index (χ1) is 13.6. The van der Waals surface area contributed by atoms with Crippen LogP contribution >= 0.6 is 0 Å². The van der Waals surface area contributed by atoms with Gasteiger partial charge in [0.25, 0.3) is 5.91 Å². The molecule has 1 N–H and O–H groups in total. The highest BCUT2D eigenvalue weighted by Gasteiger charge is 2.27. The van der Waals surface area contributed by atoms with Crippen molar-refractivity contribution in [1.82, 2.24) is 35.0 Å². The van der Waals surface area contributed by atoms with E-state index in [1.807, 2.05) is 24.1 Å². The summed E-state index contributed by atoms with van der Waals surface area (Å²) in [5.41, 5.74) is 1.27. The highest BCUT2D eigenvalue weighted by atomic mass is 16.2. The summed E-state index contributed by atoms with van der Waals surface area (Å²) in [5, 5.41) is 15.3. The molecular formula is C19H27N7O2. The summed E-state index contributed by atoms with van der Waals surface area (Å²) in [6, 6.07) is 2.40. The lowest BCUT2D eigenvalue weighted by Gasteiger charge is -2.36. The van der Waals surface area contributed by atoms with Crippen molar-refractivity contribution in [2.45, 2.75) is 70.6 Å². The molecule has 3 heterocycles. The molecule has 1 atom stereocenters. The molecule has 2 aromatic heterocycles. The Bertz CT molecular complexity index is 839. The van der Waals surface area contributed by atoms with Crippen molar-refractivity contribution in [3.8, 4) is 0 Å². The number of nitrogens with one attached hydrogen (secondary N) is 1. The van der Waals surface area contributed by atoms with Gasteiger partial charge < -0.3 is 10.2 Å². The van der Waals surface area contributed by atoms with Crippen molar-refractivity contribution in [3.05, 3.63) is 29.8 Å². The number of carbonyl (C=O) groups excluding carboxylic acids is 2. The summed E-state index contributed by atoms with van der Waals surface area (Å²) in [6.45, 7) is 3.62. The van der Waals surface area contributed by atoms with Crippen LogP contribution in [0.2, 0.25) is 0 Å². The van der Waals surface area contributed by atoms with E-state index in [2.05, 4.69) is 20.7 Å². The minimum Gasteiger partial charge on any atom is -0.348 e. The lowest BCUT2D eigenvalue weighted by Crippen LogP contribution is -2.45. The van der Waals surface area contributed by atoms with Crippen LogP contribution in [0, 0.1) is 6.92 Å². The van der Waals surface area contributed by atoms with E-state index >= 15 is 0 Å². The number of nitrogens with zero attached hydrogens (tertiary/aromatic N) is 6. The molecule has 2 aromatic rings. The molecule has 0 radical (unpaired) electrons. The van der Waals surface area contributed by atoms with Crippen LogP contribution in [0.5, 0.6) is 0 Å². The summed E-state index contributed by atoms with van der Waals surface area (Å²) in [5.74, 6) is -0.0476. The minimum absolute atomic E-state index is 0.107. The summed E-state index contributed by atoms with van der Waals surface area (Å²) in [7, 11) is 0. The second-order valence-electron chi connectivity index (χ2n) is 7.79. The molecular weight excluding hydrogens is 358 g/mol. The quantitative estimate of drug-likeness (QED) is 0.771. The van der Waals surface area contributed by atoms with Crippen molar-refractivity contribution in [3.63, 3.8) is 0 Å². The first-order valence-electron chi connectivity index (χ1n) is 10.1. The Morgan fingerprint density at radius 2 is 2.07 bits per heavy atom. The highest BCUT2D eigenvalue weighted by Crippen LogP contribution is 2.21. The van der Waals surface area contributed by atoms with Crippen LogP contribution in [0.15, 0.2) is 18.5 Å². The topological polar surface area (TPSA) is 97.9 Å². The van der Waals surface area contributed by atoms with E-state index in [9.17, 15) is 9.59 Å². The fourth-order valence-corrected chi connectivity index (χ4v) is 3.69. The number of amides is 2. The van der Waals surface area contributed by atoms with Crippen molar-refractivity contribution in [2.24, 2.45) is 0 Å². The number of aryl methyl sites for hydroxylation is 2. The van der Waals surface area contributed by atoms with Gasteiger partial charge in [-0.05, 0) is 51.5 Å². The SMILES string of the molecule is Cc1ccn(CC(=O)N2CCCCC2CCn2cc(C(=O)NC3CC3)nn2)n1. The average Bonchev–Trinajstić information content (AvgIpc) is 3.21. The number of likely N-dealkylation sites (tertiary alicyclic amines) is 1. The Labute approximate surface area is 164 Å². The van der Waals surface area contributed by atoms with Crippen molar-refractivity contribution < 1.29 is 9.59 Å². The molecule has 4 rings (SSSR count). The lowest BCUT2D eigenvalue weighted by molar-refractivity contribution is -0.136. The predicted molar refractivity (Wildman–Crippen MR) is 101 cm³/mol. The number of carbonyl (C=O) groups is 2. The minimum atomic E-state index is -0.155. The zero-order valence-corrected chi connectivity index (χ0v) is 16.3.